The number of ether oxygens (including phenoxy) is 2. The van der Waals surface area contributed by atoms with Crippen LogP contribution in [0.4, 0.5) is 0 Å². The molecule has 0 unspecified atom stereocenters. The van der Waals surface area contributed by atoms with Gasteiger partial charge in [-0.1, -0.05) is 26.5 Å². The van der Waals surface area contributed by atoms with Gasteiger partial charge in [-0.05, 0) is 30.5 Å². The molecule has 126 valence electrons. The van der Waals surface area contributed by atoms with Gasteiger partial charge in [0.05, 0.1) is 7.11 Å². The van der Waals surface area contributed by atoms with Crippen molar-refractivity contribution in [1.82, 2.24) is 5.32 Å². The molecule has 0 fully saturated rings. The summed E-state index contributed by atoms with van der Waals surface area (Å²) in [5.74, 6) is -0.478. The van der Waals surface area contributed by atoms with Crippen LogP contribution in [0, 0.1) is 5.92 Å². The number of methoxy groups -OCH3 is 1. The molecule has 23 heavy (non-hydrogen) atoms. The third kappa shape index (κ3) is 5.65. The minimum atomic E-state index is -1.05. The second kappa shape index (κ2) is 8.82. The Balaban J connectivity index is 2.90. The van der Waals surface area contributed by atoms with Crippen LogP contribution in [-0.2, 0) is 4.79 Å². The summed E-state index contributed by atoms with van der Waals surface area (Å²) in [5, 5.41) is 11.7. The summed E-state index contributed by atoms with van der Waals surface area (Å²) in [6, 6.07) is 3.76. The van der Waals surface area contributed by atoms with Gasteiger partial charge in [0.1, 0.15) is 12.6 Å². The molecule has 6 nitrogen and oxygen atoms in total. The molecule has 6 heteroatoms. The van der Waals surface area contributed by atoms with Crippen molar-refractivity contribution in [3.05, 3.63) is 36.4 Å². The molecule has 0 bridgehead atoms. The Hall–Kier alpha value is -2.50. The molecule has 1 atom stereocenters. The van der Waals surface area contributed by atoms with Gasteiger partial charge >= 0.3 is 5.97 Å². The van der Waals surface area contributed by atoms with E-state index < -0.39 is 17.9 Å². The lowest BCUT2D eigenvalue weighted by Crippen LogP contribution is -2.41. The standard InChI is InChI=1S/C17H23NO5/c1-5-8-23-14-7-6-12(10-15(14)22-4)16(19)18-13(17(20)21)9-11(2)3/h5-7,10-11,13H,1,8-9H2,2-4H3,(H,18,19)(H,20,21)/t13-/m1/s1. The molecule has 0 radical (unpaired) electrons. The number of carboxylic acids is 1. The van der Waals surface area contributed by atoms with E-state index in [0.29, 0.717) is 30.1 Å². The van der Waals surface area contributed by atoms with Gasteiger partial charge in [0, 0.05) is 5.56 Å². The maximum Gasteiger partial charge on any atom is 0.326 e. The van der Waals surface area contributed by atoms with Crippen LogP contribution in [0.25, 0.3) is 0 Å². The van der Waals surface area contributed by atoms with Crippen molar-refractivity contribution < 1.29 is 24.2 Å². The molecule has 1 amide bonds. The van der Waals surface area contributed by atoms with Crippen LogP contribution in [0.2, 0.25) is 0 Å². The molecule has 0 aliphatic carbocycles. The minimum Gasteiger partial charge on any atom is -0.493 e. The highest BCUT2D eigenvalue weighted by atomic mass is 16.5. The largest absolute Gasteiger partial charge is 0.493 e. The number of carboxylic acid groups (broad SMARTS) is 1. The van der Waals surface area contributed by atoms with Crippen molar-refractivity contribution in [3.63, 3.8) is 0 Å². The molecule has 1 aromatic rings. The summed E-state index contributed by atoms with van der Waals surface area (Å²) in [4.78, 5) is 23.5. The van der Waals surface area contributed by atoms with Gasteiger partial charge in [0.25, 0.3) is 5.91 Å². The summed E-state index contributed by atoms with van der Waals surface area (Å²) in [7, 11) is 1.47. The second-order valence-corrected chi connectivity index (χ2v) is 5.46. The maximum atomic E-state index is 12.2. The van der Waals surface area contributed by atoms with E-state index in [4.69, 9.17) is 9.47 Å². The van der Waals surface area contributed by atoms with Crippen LogP contribution in [0.3, 0.4) is 0 Å². The number of carbonyl (C=O) groups is 2. The molecule has 0 aliphatic rings. The molecule has 0 aromatic heterocycles. The van der Waals surface area contributed by atoms with Crippen LogP contribution < -0.4 is 14.8 Å². The number of hydrogen-bond acceptors (Lipinski definition) is 4. The monoisotopic (exact) mass is 321 g/mol. The molecule has 0 saturated carbocycles. The first-order chi connectivity index (χ1) is 10.9. The smallest absolute Gasteiger partial charge is 0.326 e. The number of hydrogen-bond donors (Lipinski definition) is 2. The third-order valence-electron chi connectivity index (χ3n) is 3.09. The van der Waals surface area contributed by atoms with Crippen molar-refractivity contribution in [2.75, 3.05) is 13.7 Å². The van der Waals surface area contributed by atoms with Crippen molar-refractivity contribution in [2.24, 2.45) is 5.92 Å². The van der Waals surface area contributed by atoms with E-state index in [0.717, 1.165) is 0 Å². The Bertz CT molecular complexity index is 568. The predicted octanol–water partition coefficient (Wildman–Crippen LogP) is 2.49. The number of carbonyl (C=O) groups excluding carboxylic acids is 1. The van der Waals surface area contributed by atoms with Crippen LogP contribution in [0.15, 0.2) is 30.9 Å². The van der Waals surface area contributed by atoms with Crippen LogP contribution in [0.5, 0.6) is 11.5 Å². The fraction of sp³-hybridized carbons (Fsp3) is 0.412. The van der Waals surface area contributed by atoms with Gasteiger partial charge in [-0.15, -0.1) is 0 Å². The zero-order valence-corrected chi connectivity index (χ0v) is 13.7. The molecule has 1 rings (SSSR count). The number of benzene rings is 1. The lowest BCUT2D eigenvalue weighted by atomic mass is 10.0. The van der Waals surface area contributed by atoms with E-state index in [2.05, 4.69) is 11.9 Å². The number of amides is 1. The summed E-state index contributed by atoms with van der Waals surface area (Å²) < 4.78 is 10.6. The average molecular weight is 321 g/mol. The van der Waals surface area contributed by atoms with E-state index in [1.807, 2.05) is 13.8 Å². The Labute approximate surface area is 136 Å². The summed E-state index contributed by atoms with van der Waals surface area (Å²) in [5.41, 5.74) is 0.308. The quantitative estimate of drug-likeness (QED) is 0.683. The molecular formula is C17H23NO5. The van der Waals surface area contributed by atoms with Gasteiger partial charge in [0.2, 0.25) is 0 Å². The van der Waals surface area contributed by atoms with E-state index in [-0.39, 0.29) is 5.92 Å². The Morgan fingerprint density at radius 3 is 2.57 bits per heavy atom. The molecule has 0 saturated heterocycles. The number of nitrogens with one attached hydrogen (secondary N) is 1. The molecule has 1 aromatic carbocycles. The van der Waals surface area contributed by atoms with Crippen LogP contribution in [-0.4, -0.2) is 36.7 Å². The first kappa shape index (κ1) is 18.5. The summed E-state index contributed by atoms with van der Waals surface area (Å²) in [6.07, 6.45) is 1.96. The van der Waals surface area contributed by atoms with E-state index in [9.17, 15) is 14.7 Å². The fourth-order valence-corrected chi connectivity index (χ4v) is 2.01. The van der Waals surface area contributed by atoms with Gasteiger partial charge < -0.3 is 19.9 Å². The summed E-state index contributed by atoms with van der Waals surface area (Å²) in [6.45, 7) is 7.68. The van der Waals surface area contributed by atoms with Crippen LogP contribution >= 0.6 is 0 Å². The third-order valence-corrected chi connectivity index (χ3v) is 3.09. The maximum absolute atomic E-state index is 12.2. The SMILES string of the molecule is C=CCOc1ccc(C(=O)N[C@H](CC(C)C)C(=O)O)cc1OC. The fourth-order valence-electron chi connectivity index (χ4n) is 2.01. The van der Waals surface area contributed by atoms with Gasteiger partial charge in [-0.3, -0.25) is 4.79 Å². The highest BCUT2D eigenvalue weighted by Crippen LogP contribution is 2.28. The minimum absolute atomic E-state index is 0.153. The normalized spacial score (nSPS) is 11.7. The van der Waals surface area contributed by atoms with Crippen molar-refractivity contribution in [3.8, 4) is 11.5 Å². The van der Waals surface area contributed by atoms with Gasteiger partial charge in [-0.25, -0.2) is 4.79 Å². The Kier molecular flexibility index (Phi) is 7.12. The van der Waals surface area contributed by atoms with E-state index in [1.165, 1.54) is 13.2 Å². The lowest BCUT2D eigenvalue weighted by Gasteiger charge is -2.17. The van der Waals surface area contributed by atoms with Crippen LogP contribution in [0.1, 0.15) is 30.6 Å². The number of aliphatic carboxylic acids is 1. The Morgan fingerprint density at radius 1 is 1.35 bits per heavy atom. The molecule has 0 spiro atoms. The molecule has 0 heterocycles. The predicted molar refractivity (Wildman–Crippen MR) is 87.0 cm³/mol. The van der Waals surface area contributed by atoms with Gasteiger partial charge in [-0.2, -0.15) is 0 Å². The average Bonchev–Trinajstić information content (AvgIpc) is 2.51. The highest BCUT2D eigenvalue weighted by molar-refractivity contribution is 5.97. The van der Waals surface area contributed by atoms with E-state index in [1.54, 1.807) is 18.2 Å². The lowest BCUT2D eigenvalue weighted by molar-refractivity contribution is -0.139. The van der Waals surface area contributed by atoms with Gasteiger partial charge in [0.15, 0.2) is 11.5 Å². The molecule has 0 aliphatic heterocycles. The summed E-state index contributed by atoms with van der Waals surface area (Å²) >= 11 is 0. The zero-order valence-electron chi connectivity index (χ0n) is 13.7. The first-order valence-electron chi connectivity index (χ1n) is 7.34. The highest BCUT2D eigenvalue weighted by Gasteiger charge is 2.22. The second-order valence-electron chi connectivity index (χ2n) is 5.46. The van der Waals surface area contributed by atoms with Crippen molar-refractivity contribution in [2.45, 2.75) is 26.3 Å². The Morgan fingerprint density at radius 2 is 2.04 bits per heavy atom. The zero-order chi connectivity index (χ0) is 17.4. The van der Waals surface area contributed by atoms with Crippen molar-refractivity contribution in [1.29, 1.82) is 0 Å². The molecule has 2 N–H and O–H groups in total. The topological polar surface area (TPSA) is 84.9 Å². The van der Waals surface area contributed by atoms with E-state index >= 15 is 0 Å². The molecular weight excluding hydrogens is 298 g/mol. The first-order valence-corrected chi connectivity index (χ1v) is 7.34. The number of rotatable bonds is 9. The van der Waals surface area contributed by atoms with Crippen molar-refractivity contribution >= 4 is 11.9 Å².